The second kappa shape index (κ2) is 6.40. The van der Waals surface area contributed by atoms with E-state index in [9.17, 15) is 14.7 Å². The van der Waals surface area contributed by atoms with E-state index in [1.165, 1.54) is 4.90 Å². The third kappa shape index (κ3) is 3.32. The number of benzene rings is 1. The molecule has 25 heavy (non-hydrogen) atoms. The summed E-state index contributed by atoms with van der Waals surface area (Å²) in [6.45, 7) is 4.10. The van der Waals surface area contributed by atoms with Crippen LogP contribution in [-0.2, 0) is 4.79 Å². The van der Waals surface area contributed by atoms with Crippen LogP contribution in [-0.4, -0.2) is 44.9 Å². The molecule has 1 fully saturated rings. The Kier molecular flexibility index (Phi) is 4.43. The van der Waals surface area contributed by atoms with Crippen molar-refractivity contribution in [2.24, 2.45) is 5.41 Å². The number of rotatable bonds is 3. The molecule has 1 unspecified atom stereocenters. The van der Waals surface area contributed by atoms with Crippen molar-refractivity contribution >= 4 is 29.4 Å². The van der Waals surface area contributed by atoms with Gasteiger partial charge in [0, 0.05) is 24.8 Å². The van der Waals surface area contributed by atoms with Gasteiger partial charge in [-0.25, -0.2) is 9.48 Å². The molecule has 2 amide bonds. The Morgan fingerprint density at radius 2 is 2.08 bits per heavy atom. The van der Waals surface area contributed by atoms with Crippen molar-refractivity contribution in [3.8, 4) is 5.69 Å². The van der Waals surface area contributed by atoms with Gasteiger partial charge in [-0.15, -0.1) is 5.10 Å². The summed E-state index contributed by atoms with van der Waals surface area (Å²) in [6, 6.07) is 8.69. The van der Waals surface area contributed by atoms with Gasteiger partial charge in [-0.2, -0.15) is 0 Å². The average Bonchev–Trinajstić information content (AvgIpc) is 3.12. The zero-order valence-electron chi connectivity index (χ0n) is 14.0. The molecule has 1 atom stereocenters. The molecule has 132 valence electrons. The molecule has 1 aromatic heterocycles. The number of likely N-dealkylation sites (tertiary alicyclic amines) is 1. The second-order valence-corrected chi connectivity index (χ2v) is 6.91. The van der Waals surface area contributed by atoms with Gasteiger partial charge < -0.3 is 10.0 Å². The summed E-state index contributed by atoms with van der Waals surface area (Å²) in [4.78, 5) is 25.2. The summed E-state index contributed by atoms with van der Waals surface area (Å²) in [6.07, 6.45) is 0.433. The summed E-state index contributed by atoms with van der Waals surface area (Å²) in [5.41, 5.74) is 0.645. The summed E-state index contributed by atoms with van der Waals surface area (Å²) in [7, 11) is 0. The standard InChI is InChI=1S/C17H19ClN4O3/c1-11-9-14(20-22(11)13-6-4-3-5-12(13)18)19-16(25)21-8-7-17(2,10-21)15(23)24/h3-6,9H,7-8,10H2,1-2H3,(H,23,24)(H,19,20,25). The van der Waals surface area contributed by atoms with E-state index in [1.807, 2.05) is 25.1 Å². The maximum Gasteiger partial charge on any atom is 0.323 e. The fraction of sp³-hybridized carbons (Fsp3) is 0.353. The maximum absolute atomic E-state index is 12.4. The highest BCUT2D eigenvalue weighted by atomic mass is 35.5. The van der Waals surface area contributed by atoms with Crippen LogP contribution in [0.4, 0.5) is 10.6 Å². The summed E-state index contributed by atoms with van der Waals surface area (Å²) in [5, 5.41) is 16.9. The first kappa shape index (κ1) is 17.3. The first-order chi connectivity index (χ1) is 11.8. The zero-order valence-corrected chi connectivity index (χ0v) is 14.7. The molecule has 1 aliphatic heterocycles. The number of aryl methyl sites for hydroxylation is 1. The highest BCUT2D eigenvalue weighted by Gasteiger charge is 2.42. The quantitative estimate of drug-likeness (QED) is 0.877. The Labute approximate surface area is 150 Å². The molecular weight excluding hydrogens is 344 g/mol. The third-order valence-corrected chi connectivity index (χ3v) is 4.80. The van der Waals surface area contributed by atoms with Gasteiger partial charge in [0.2, 0.25) is 0 Å². The minimum Gasteiger partial charge on any atom is -0.481 e. The van der Waals surface area contributed by atoms with Crippen LogP contribution in [0.2, 0.25) is 5.02 Å². The number of urea groups is 1. The molecule has 2 aromatic rings. The van der Waals surface area contributed by atoms with Crippen molar-refractivity contribution < 1.29 is 14.7 Å². The van der Waals surface area contributed by atoms with Gasteiger partial charge in [0.25, 0.3) is 0 Å². The van der Waals surface area contributed by atoms with Crippen LogP contribution in [0, 0.1) is 12.3 Å². The van der Waals surface area contributed by atoms with Crippen molar-refractivity contribution in [1.82, 2.24) is 14.7 Å². The van der Waals surface area contributed by atoms with E-state index in [0.717, 1.165) is 11.4 Å². The van der Waals surface area contributed by atoms with Crippen LogP contribution in [0.25, 0.3) is 5.69 Å². The molecule has 1 aromatic carbocycles. The van der Waals surface area contributed by atoms with E-state index in [2.05, 4.69) is 10.4 Å². The van der Waals surface area contributed by atoms with Gasteiger partial charge in [-0.1, -0.05) is 23.7 Å². The maximum atomic E-state index is 12.4. The summed E-state index contributed by atoms with van der Waals surface area (Å²) < 4.78 is 1.66. The topological polar surface area (TPSA) is 87.5 Å². The number of halogens is 1. The van der Waals surface area contributed by atoms with Gasteiger partial charge in [0.1, 0.15) is 0 Å². The van der Waals surface area contributed by atoms with Crippen molar-refractivity contribution in [3.05, 3.63) is 41.0 Å². The van der Waals surface area contributed by atoms with Crippen LogP contribution >= 0.6 is 11.6 Å². The van der Waals surface area contributed by atoms with Gasteiger partial charge in [0.05, 0.1) is 16.1 Å². The predicted octanol–water partition coefficient (Wildman–Crippen LogP) is 3.16. The number of hydrogen-bond donors (Lipinski definition) is 2. The Morgan fingerprint density at radius 1 is 1.36 bits per heavy atom. The molecule has 0 radical (unpaired) electrons. The molecule has 2 N–H and O–H groups in total. The number of hydrogen-bond acceptors (Lipinski definition) is 3. The van der Waals surface area contributed by atoms with E-state index in [0.29, 0.717) is 23.8 Å². The number of amides is 2. The van der Waals surface area contributed by atoms with Gasteiger partial charge in [0.15, 0.2) is 5.82 Å². The van der Waals surface area contributed by atoms with E-state index < -0.39 is 11.4 Å². The highest BCUT2D eigenvalue weighted by molar-refractivity contribution is 6.32. The lowest BCUT2D eigenvalue weighted by atomic mass is 9.90. The lowest BCUT2D eigenvalue weighted by Crippen LogP contribution is -2.37. The normalized spacial score (nSPS) is 19.9. The molecule has 1 aliphatic rings. The molecule has 2 heterocycles. The molecule has 0 saturated carbocycles. The monoisotopic (exact) mass is 362 g/mol. The fourth-order valence-electron chi connectivity index (χ4n) is 2.90. The van der Waals surface area contributed by atoms with Crippen LogP contribution in [0.15, 0.2) is 30.3 Å². The molecule has 1 saturated heterocycles. The van der Waals surface area contributed by atoms with E-state index in [4.69, 9.17) is 11.6 Å². The Hall–Kier alpha value is -2.54. The molecule has 0 bridgehead atoms. The molecule has 0 spiro atoms. The number of carboxylic acid groups (broad SMARTS) is 1. The first-order valence-electron chi connectivity index (χ1n) is 7.91. The molecular formula is C17H19ClN4O3. The number of carbonyl (C=O) groups excluding carboxylic acids is 1. The highest BCUT2D eigenvalue weighted by Crippen LogP contribution is 2.30. The van der Waals surface area contributed by atoms with E-state index in [1.54, 1.807) is 23.7 Å². The number of anilines is 1. The van der Waals surface area contributed by atoms with Crippen molar-refractivity contribution in [1.29, 1.82) is 0 Å². The Bertz CT molecular complexity index is 835. The number of para-hydroxylation sites is 1. The SMILES string of the molecule is Cc1cc(NC(=O)N2CCC(C)(C(=O)O)C2)nn1-c1ccccc1Cl. The van der Waals surface area contributed by atoms with Crippen LogP contribution in [0.3, 0.4) is 0 Å². The number of carboxylic acids is 1. The van der Waals surface area contributed by atoms with Gasteiger partial charge in [-0.3, -0.25) is 10.1 Å². The number of nitrogens with one attached hydrogen (secondary N) is 1. The van der Waals surface area contributed by atoms with Gasteiger partial charge in [-0.05, 0) is 32.4 Å². The molecule has 0 aliphatic carbocycles. The second-order valence-electron chi connectivity index (χ2n) is 6.50. The van der Waals surface area contributed by atoms with Crippen LogP contribution in [0.1, 0.15) is 19.0 Å². The smallest absolute Gasteiger partial charge is 0.323 e. The van der Waals surface area contributed by atoms with E-state index in [-0.39, 0.29) is 12.6 Å². The summed E-state index contributed by atoms with van der Waals surface area (Å²) >= 11 is 6.20. The van der Waals surface area contributed by atoms with Gasteiger partial charge >= 0.3 is 12.0 Å². The Balaban J connectivity index is 1.75. The van der Waals surface area contributed by atoms with Crippen LogP contribution in [0.5, 0.6) is 0 Å². The number of nitrogens with zero attached hydrogens (tertiary/aromatic N) is 3. The number of carbonyl (C=O) groups is 2. The molecule has 8 heteroatoms. The minimum atomic E-state index is -0.899. The van der Waals surface area contributed by atoms with E-state index >= 15 is 0 Å². The lowest BCUT2D eigenvalue weighted by Gasteiger charge is -2.20. The average molecular weight is 363 g/mol. The molecule has 3 rings (SSSR count). The van der Waals surface area contributed by atoms with Crippen molar-refractivity contribution in [3.63, 3.8) is 0 Å². The zero-order chi connectivity index (χ0) is 18.2. The summed E-state index contributed by atoms with van der Waals surface area (Å²) in [5.74, 6) is -0.493. The lowest BCUT2D eigenvalue weighted by molar-refractivity contribution is -0.146. The predicted molar refractivity (Wildman–Crippen MR) is 94.3 cm³/mol. The third-order valence-electron chi connectivity index (χ3n) is 4.48. The first-order valence-corrected chi connectivity index (χ1v) is 8.29. The number of aromatic nitrogens is 2. The Morgan fingerprint density at radius 3 is 2.72 bits per heavy atom. The van der Waals surface area contributed by atoms with Crippen molar-refractivity contribution in [2.45, 2.75) is 20.3 Å². The molecule has 7 nitrogen and oxygen atoms in total. The minimum absolute atomic E-state index is 0.179. The largest absolute Gasteiger partial charge is 0.481 e. The fourth-order valence-corrected chi connectivity index (χ4v) is 3.12. The van der Waals surface area contributed by atoms with Crippen molar-refractivity contribution in [2.75, 3.05) is 18.4 Å². The number of aliphatic carboxylic acids is 1. The van der Waals surface area contributed by atoms with Crippen LogP contribution < -0.4 is 5.32 Å².